The van der Waals surface area contributed by atoms with Crippen molar-refractivity contribution in [1.82, 2.24) is 4.98 Å². The van der Waals surface area contributed by atoms with Gasteiger partial charge in [0.15, 0.2) is 18.2 Å². The van der Waals surface area contributed by atoms with Crippen molar-refractivity contribution in [1.29, 1.82) is 0 Å². The molecule has 0 aliphatic heterocycles. The van der Waals surface area contributed by atoms with E-state index < -0.39 is 5.82 Å². The molecular weight excluding hydrogens is 315 g/mol. The average molecular weight is 325 g/mol. The third kappa shape index (κ3) is 4.03. The second kappa shape index (κ2) is 6.29. The Bertz CT molecular complexity index is 578. The molecule has 0 spiro atoms. The highest BCUT2D eigenvalue weighted by atomic mass is 79.9. The van der Waals surface area contributed by atoms with Crippen molar-refractivity contribution in [2.75, 3.05) is 11.9 Å². The highest BCUT2D eigenvalue weighted by Gasteiger charge is 2.07. The van der Waals surface area contributed by atoms with E-state index in [4.69, 9.17) is 4.74 Å². The van der Waals surface area contributed by atoms with E-state index in [1.54, 1.807) is 24.4 Å². The monoisotopic (exact) mass is 324 g/mol. The zero-order valence-corrected chi connectivity index (χ0v) is 11.4. The van der Waals surface area contributed by atoms with Crippen LogP contribution in [0, 0.1) is 5.82 Å². The lowest BCUT2D eigenvalue weighted by Gasteiger charge is -2.08. The Kier molecular flexibility index (Phi) is 4.46. The van der Waals surface area contributed by atoms with Crippen LogP contribution in [0.25, 0.3) is 0 Å². The number of ether oxygens (including phenoxy) is 1. The Hall–Kier alpha value is -1.95. The molecule has 1 N–H and O–H groups in total. The minimum absolute atomic E-state index is 0.0320. The van der Waals surface area contributed by atoms with E-state index >= 15 is 0 Å². The number of hydrogen-bond donors (Lipinski definition) is 1. The van der Waals surface area contributed by atoms with Gasteiger partial charge in [-0.3, -0.25) is 9.78 Å². The number of hydrogen-bond acceptors (Lipinski definition) is 3. The number of benzene rings is 1. The molecule has 0 atom stereocenters. The van der Waals surface area contributed by atoms with Gasteiger partial charge in [-0.05, 0) is 30.3 Å². The number of aromatic nitrogens is 1. The highest BCUT2D eigenvalue weighted by molar-refractivity contribution is 9.10. The van der Waals surface area contributed by atoms with Crippen molar-refractivity contribution >= 4 is 27.5 Å². The molecule has 2 aromatic rings. The third-order valence-electron chi connectivity index (χ3n) is 2.20. The van der Waals surface area contributed by atoms with Crippen molar-refractivity contribution in [3.8, 4) is 5.75 Å². The summed E-state index contributed by atoms with van der Waals surface area (Å²) in [4.78, 5) is 15.4. The molecule has 1 heterocycles. The number of carbonyl (C=O) groups excluding carboxylic acids is 1. The second-order valence-electron chi connectivity index (χ2n) is 3.65. The first-order chi connectivity index (χ1) is 9.15. The van der Waals surface area contributed by atoms with Crippen LogP contribution in [0.15, 0.2) is 47.2 Å². The predicted octanol–water partition coefficient (Wildman–Crippen LogP) is 3.00. The summed E-state index contributed by atoms with van der Waals surface area (Å²) in [6, 6.07) is 7.76. The molecule has 0 aliphatic carbocycles. The molecule has 6 heteroatoms. The minimum atomic E-state index is -0.524. The molecule has 4 nitrogen and oxygen atoms in total. The Balaban J connectivity index is 1.90. The van der Waals surface area contributed by atoms with Crippen molar-refractivity contribution < 1.29 is 13.9 Å². The zero-order chi connectivity index (χ0) is 13.7. The van der Waals surface area contributed by atoms with E-state index in [1.165, 1.54) is 18.3 Å². The summed E-state index contributed by atoms with van der Waals surface area (Å²) >= 11 is 3.14. The molecule has 1 aromatic heterocycles. The first-order valence-corrected chi connectivity index (χ1v) is 6.22. The van der Waals surface area contributed by atoms with E-state index in [0.29, 0.717) is 10.2 Å². The zero-order valence-electron chi connectivity index (χ0n) is 9.77. The number of anilines is 1. The quantitative estimate of drug-likeness (QED) is 0.940. The van der Waals surface area contributed by atoms with Gasteiger partial charge in [0.2, 0.25) is 0 Å². The fourth-order valence-corrected chi connectivity index (χ4v) is 1.70. The van der Waals surface area contributed by atoms with Gasteiger partial charge in [-0.2, -0.15) is 0 Å². The average Bonchev–Trinajstić information content (AvgIpc) is 2.39. The molecule has 0 fully saturated rings. The molecule has 98 valence electrons. The Morgan fingerprint density at radius 2 is 2.26 bits per heavy atom. The largest absolute Gasteiger partial charge is 0.481 e. The van der Waals surface area contributed by atoms with Gasteiger partial charge in [-0.1, -0.05) is 15.9 Å². The predicted molar refractivity (Wildman–Crippen MR) is 72.5 cm³/mol. The summed E-state index contributed by atoms with van der Waals surface area (Å²) < 4.78 is 19.1. The van der Waals surface area contributed by atoms with E-state index in [-0.39, 0.29) is 18.3 Å². The fraction of sp³-hybridized carbons (Fsp3) is 0.0769. The van der Waals surface area contributed by atoms with Crippen molar-refractivity contribution in [3.63, 3.8) is 0 Å². The van der Waals surface area contributed by atoms with Gasteiger partial charge in [0.1, 0.15) is 0 Å². The van der Waals surface area contributed by atoms with Crippen molar-refractivity contribution in [2.45, 2.75) is 0 Å². The molecule has 0 radical (unpaired) electrons. The van der Waals surface area contributed by atoms with E-state index in [9.17, 15) is 9.18 Å². The first-order valence-electron chi connectivity index (χ1n) is 5.43. The van der Waals surface area contributed by atoms with Crippen LogP contribution in [0.1, 0.15) is 0 Å². The maximum atomic E-state index is 13.4. The number of carbonyl (C=O) groups is 1. The molecule has 1 aromatic carbocycles. The smallest absolute Gasteiger partial charge is 0.262 e. The Labute approximate surface area is 117 Å². The number of amides is 1. The lowest BCUT2D eigenvalue weighted by atomic mass is 10.3. The van der Waals surface area contributed by atoms with Gasteiger partial charge in [0, 0.05) is 10.7 Å². The lowest BCUT2D eigenvalue weighted by molar-refractivity contribution is -0.118. The van der Waals surface area contributed by atoms with E-state index in [1.807, 2.05) is 0 Å². The normalized spacial score (nSPS) is 10.0. The number of halogens is 2. The lowest BCUT2D eigenvalue weighted by Crippen LogP contribution is -2.20. The topological polar surface area (TPSA) is 51.2 Å². The van der Waals surface area contributed by atoms with Crippen molar-refractivity contribution in [3.05, 3.63) is 53.0 Å². The standard InChI is InChI=1S/C13H10BrFN2O2/c14-9-3-4-12(11(15)6-9)19-8-13(18)17-10-2-1-5-16-7-10/h1-7H,8H2,(H,17,18). The van der Waals surface area contributed by atoms with E-state index in [2.05, 4.69) is 26.2 Å². The van der Waals surface area contributed by atoms with Gasteiger partial charge in [-0.25, -0.2) is 4.39 Å². The van der Waals surface area contributed by atoms with E-state index in [0.717, 1.165) is 0 Å². The molecule has 19 heavy (non-hydrogen) atoms. The van der Waals surface area contributed by atoms with Crippen LogP contribution < -0.4 is 10.1 Å². The summed E-state index contributed by atoms with van der Waals surface area (Å²) in [6.07, 6.45) is 3.11. The second-order valence-corrected chi connectivity index (χ2v) is 4.57. The molecule has 0 saturated heterocycles. The third-order valence-corrected chi connectivity index (χ3v) is 2.69. The summed E-state index contributed by atoms with van der Waals surface area (Å²) in [5.41, 5.74) is 0.562. The molecule has 0 unspecified atom stereocenters. The van der Waals surface area contributed by atoms with Crippen LogP contribution in [-0.2, 0) is 4.79 Å². The maximum absolute atomic E-state index is 13.4. The Morgan fingerprint density at radius 3 is 2.95 bits per heavy atom. The number of nitrogens with zero attached hydrogens (tertiary/aromatic N) is 1. The SMILES string of the molecule is O=C(COc1ccc(Br)cc1F)Nc1cccnc1. The van der Waals surface area contributed by atoms with Crippen LogP contribution in [0.2, 0.25) is 0 Å². The molecule has 0 bridgehead atoms. The van der Waals surface area contributed by atoms with Gasteiger partial charge in [0.25, 0.3) is 5.91 Å². The summed E-state index contributed by atoms with van der Waals surface area (Å²) in [5.74, 6) is -0.872. The van der Waals surface area contributed by atoms with Gasteiger partial charge in [-0.15, -0.1) is 0 Å². The fourth-order valence-electron chi connectivity index (χ4n) is 1.37. The van der Waals surface area contributed by atoms with Crippen LogP contribution >= 0.6 is 15.9 Å². The number of nitrogens with one attached hydrogen (secondary N) is 1. The highest BCUT2D eigenvalue weighted by Crippen LogP contribution is 2.21. The maximum Gasteiger partial charge on any atom is 0.262 e. The molecule has 2 rings (SSSR count). The van der Waals surface area contributed by atoms with Crippen molar-refractivity contribution in [2.24, 2.45) is 0 Å². The molecule has 1 amide bonds. The number of rotatable bonds is 4. The van der Waals surface area contributed by atoms with Crippen LogP contribution in [0.4, 0.5) is 10.1 Å². The van der Waals surface area contributed by atoms with Crippen LogP contribution in [0.3, 0.4) is 0 Å². The summed E-state index contributed by atoms with van der Waals surface area (Å²) in [6.45, 7) is -0.270. The van der Waals surface area contributed by atoms with Gasteiger partial charge >= 0.3 is 0 Å². The number of pyridine rings is 1. The van der Waals surface area contributed by atoms with Crippen LogP contribution in [0.5, 0.6) is 5.75 Å². The van der Waals surface area contributed by atoms with Crippen LogP contribution in [-0.4, -0.2) is 17.5 Å². The summed E-state index contributed by atoms with van der Waals surface area (Å²) in [5, 5.41) is 2.58. The minimum Gasteiger partial charge on any atom is -0.481 e. The van der Waals surface area contributed by atoms with Gasteiger partial charge < -0.3 is 10.1 Å². The molecule has 0 aliphatic rings. The summed E-state index contributed by atoms with van der Waals surface area (Å²) in [7, 11) is 0. The first kappa shape index (κ1) is 13.5. The Morgan fingerprint density at radius 1 is 1.42 bits per heavy atom. The van der Waals surface area contributed by atoms with Gasteiger partial charge in [0.05, 0.1) is 11.9 Å². The molecule has 0 saturated carbocycles. The molecular formula is C13H10BrFN2O2.